The maximum absolute atomic E-state index is 12.2. The Labute approximate surface area is 103 Å². The van der Waals surface area contributed by atoms with Gasteiger partial charge in [0.2, 0.25) is 5.56 Å². The van der Waals surface area contributed by atoms with Crippen molar-refractivity contribution in [3.63, 3.8) is 0 Å². The SMILES string of the molecule is O=C(O)[C@H]1CCCCN1C(=O)c1cccc(=O)[nH]1. The summed E-state index contributed by atoms with van der Waals surface area (Å²) >= 11 is 0. The minimum Gasteiger partial charge on any atom is -0.480 e. The molecule has 1 saturated heterocycles. The largest absolute Gasteiger partial charge is 0.480 e. The summed E-state index contributed by atoms with van der Waals surface area (Å²) in [5, 5.41) is 9.09. The number of carboxylic acid groups (broad SMARTS) is 1. The number of carbonyl (C=O) groups excluding carboxylic acids is 1. The van der Waals surface area contributed by atoms with E-state index in [0.717, 1.165) is 12.8 Å². The monoisotopic (exact) mass is 250 g/mol. The molecule has 0 saturated carbocycles. The highest BCUT2D eigenvalue weighted by Crippen LogP contribution is 2.19. The first-order valence-electron chi connectivity index (χ1n) is 5.82. The number of aromatic amines is 1. The van der Waals surface area contributed by atoms with Crippen LogP contribution in [0.1, 0.15) is 29.8 Å². The number of aromatic nitrogens is 1. The zero-order valence-corrected chi connectivity index (χ0v) is 9.76. The summed E-state index contributed by atoms with van der Waals surface area (Å²) in [5.74, 6) is -1.43. The molecule has 0 bridgehead atoms. The summed E-state index contributed by atoms with van der Waals surface area (Å²) < 4.78 is 0. The molecular weight excluding hydrogens is 236 g/mol. The number of H-pyrrole nitrogens is 1. The van der Waals surface area contributed by atoms with Crippen LogP contribution in [-0.2, 0) is 4.79 Å². The van der Waals surface area contributed by atoms with Crippen LogP contribution in [0.25, 0.3) is 0 Å². The first-order valence-corrected chi connectivity index (χ1v) is 5.82. The number of amides is 1. The third-order valence-corrected chi connectivity index (χ3v) is 3.05. The molecule has 0 unspecified atom stereocenters. The van der Waals surface area contributed by atoms with Crippen LogP contribution in [0.5, 0.6) is 0 Å². The number of hydrogen-bond donors (Lipinski definition) is 2. The Morgan fingerprint density at radius 1 is 1.33 bits per heavy atom. The average molecular weight is 250 g/mol. The van der Waals surface area contributed by atoms with Crippen LogP contribution in [0.3, 0.4) is 0 Å². The van der Waals surface area contributed by atoms with Gasteiger partial charge in [0.1, 0.15) is 11.7 Å². The van der Waals surface area contributed by atoms with Crippen LogP contribution < -0.4 is 5.56 Å². The van der Waals surface area contributed by atoms with Gasteiger partial charge in [-0.3, -0.25) is 9.59 Å². The van der Waals surface area contributed by atoms with Gasteiger partial charge in [0, 0.05) is 12.6 Å². The Bertz CT molecular complexity index is 523. The van der Waals surface area contributed by atoms with Crippen molar-refractivity contribution < 1.29 is 14.7 Å². The van der Waals surface area contributed by atoms with E-state index in [1.807, 2.05) is 0 Å². The fourth-order valence-corrected chi connectivity index (χ4v) is 2.16. The standard InChI is InChI=1S/C12H14N2O4/c15-10-6-3-4-8(13-10)11(16)14-7-2-1-5-9(14)12(17)18/h3-4,6,9H,1-2,5,7H2,(H,13,15)(H,17,18)/t9-/m1/s1. The Balaban J connectivity index is 2.26. The molecule has 1 atom stereocenters. The number of pyridine rings is 1. The lowest BCUT2D eigenvalue weighted by atomic mass is 10.0. The second-order valence-corrected chi connectivity index (χ2v) is 4.28. The Morgan fingerprint density at radius 2 is 2.11 bits per heavy atom. The van der Waals surface area contributed by atoms with Crippen molar-refractivity contribution in [1.29, 1.82) is 0 Å². The van der Waals surface area contributed by atoms with Crippen molar-refractivity contribution in [2.45, 2.75) is 25.3 Å². The fraction of sp³-hybridized carbons (Fsp3) is 0.417. The number of likely N-dealkylation sites (tertiary alicyclic amines) is 1. The van der Waals surface area contributed by atoms with E-state index < -0.39 is 17.9 Å². The van der Waals surface area contributed by atoms with E-state index in [-0.39, 0.29) is 11.3 Å². The molecule has 1 fully saturated rings. The molecule has 6 heteroatoms. The van der Waals surface area contributed by atoms with Gasteiger partial charge in [-0.2, -0.15) is 0 Å². The normalized spacial score (nSPS) is 19.6. The molecule has 0 spiro atoms. The third-order valence-electron chi connectivity index (χ3n) is 3.05. The van der Waals surface area contributed by atoms with Crippen molar-refractivity contribution in [3.05, 3.63) is 34.2 Å². The molecule has 0 aliphatic carbocycles. The zero-order chi connectivity index (χ0) is 13.1. The summed E-state index contributed by atoms with van der Waals surface area (Å²) in [6.45, 7) is 0.409. The molecule has 96 valence electrons. The summed E-state index contributed by atoms with van der Waals surface area (Å²) in [5.41, 5.74) is -0.236. The van der Waals surface area contributed by atoms with E-state index in [1.165, 1.54) is 23.1 Å². The number of piperidine rings is 1. The van der Waals surface area contributed by atoms with Gasteiger partial charge in [-0.05, 0) is 25.3 Å². The van der Waals surface area contributed by atoms with Gasteiger partial charge in [-0.15, -0.1) is 0 Å². The predicted molar refractivity (Wildman–Crippen MR) is 63.4 cm³/mol. The predicted octanol–water partition coefficient (Wildman–Crippen LogP) is 0.454. The van der Waals surface area contributed by atoms with Gasteiger partial charge >= 0.3 is 5.97 Å². The molecule has 1 aliphatic heterocycles. The highest BCUT2D eigenvalue weighted by molar-refractivity contribution is 5.95. The highest BCUT2D eigenvalue weighted by Gasteiger charge is 2.32. The number of nitrogens with zero attached hydrogens (tertiary/aromatic N) is 1. The van der Waals surface area contributed by atoms with Crippen molar-refractivity contribution in [2.24, 2.45) is 0 Å². The van der Waals surface area contributed by atoms with Crippen LogP contribution in [0.2, 0.25) is 0 Å². The van der Waals surface area contributed by atoms with Crippen LogP contribution >= 0.6 is 0 Å². The van der Waals surface area contributed by atoms with Crippen LogP contribution in [0.15, 0.2) is 23.0 Å². The van der Waals surface area contributed by atoms with Crippen molar-refractivity contribution in [3.8, 4) is 0 Å². The smallest absolute Gasteiger partial charge is 0.326 e. The number of aliphatic carboxylic acids is 1. The van der Waals surface area contributed by atoms with Gasteiger partial charge in [0.05, 0.1) is 0 Å². The van der Waals surface area contributed by atoms with E-state index in [4.69, 9.17) is 5.11 Å². The lowest BCUT2D eigenvalue weighted by Crippen LogP contribution is -2.48. The van der Waals surface area contributed by atoms with Gasteiger partial charge in [0.15, 0.2) is 0 Å². The Kier molecular flexibility index (Phi) is 3.45. The summed E-state index contributed by atoms with van der Waals surface area (Å²) in [6, 6.07) is 3.47. The second kappa shape index (κ2) is 5.03. The minimum absolute atomic E-state index is 0.135. The van der Waals surface area contributed by atoms with E-state index >= 15 is 0 Å². The van der Waals surface area contributed by atoms with E-state index in [0.29, 0.717) is 13.0 Å². The first kappa shape index (κ1) is 12.3. The highest BCUT2D eigenvalue weighted by atomic mass is 16.4. The topological polar surface area (TPSA) is 90.5 Å². The first-order chi connectivity index (χ1) is 8.59. The molecule has 0 radical (unpaired) electrons. The summed E-state index contributed by atoms with van der Waals surface area (Å²) in [4.78, 5) is 38.2. The molecular formula is C12H14N2O4. The molecule has 6 nitrogen and oxygen atoms in total. The maximum Gasteiger partial charge on any atom is 0.326 e. The third kappa shape index (κ3) is 2.42. The van der Waals surface area contributed by atoms with Gasteiger partial charge in [0.25, 0.3) is 5.91 Å². The van der Waals surface area contributed by atoms with E-state index in [2.05, 4.69) is 4.98 Å². The van der Waals surface area contributed by atoms with Gasteiger partial charge in [-0.1, -0.05) is 6.07 Å². The number of rotatable bonds is 2. The number of hydrogen-bond acceptors (Lipinski definition) is 3. The molecule has 1 amide bonds. The lowest BCUT2D eigenvalue weighted by Gasteiger charge is -2.32. The number of carbonyl (C=O) groups is 2. The van der Waals surface area contributed by atoms with E-state index in [9.17, 15) is 14.4 Å². The molecule has 2 N–H and O–H groups in total. The average Bonchev–Trinajstić information content (AvgIpc) is 2.38. The van der Waals surface area contributed by atoms with Crippen LogP contribution in [-0.4, -0.2) is 39.5 Å². The molecule has 1 aromatic heterocycles. The number of nitrogens with one attached hydrogen (secondary N) is 1. The molecule has 1 aromatic rings. The van der Waals surface area contributed by atoms with Gasteiger partial charge in [-0.25, -0.2) is 4.79 Å². The molecule has 0 aromatic carbocycles. The fourth-order valence-electron chi connectivity index (χ4n) is 2.16. The molecule has 1 aliphatic rings. The zero-order valence-electron chi connectivity index (χ0n) is 9.76. The summed E-state index contributed by atoms with van der Waals surface area (Å²) in [6.07, 6.45) is 2.04. The number of carboxylic acids is 1. The van der Waals surface area contributed by atoms with Gasteiger partial charge < -0.3 is 15.0 Å². The Hall–Kier alpha value is -2.11. The van der Waals surface area contributed by atoms with E-state index in [1.54, 1.807) is 0 Å². The minimum atomic E-state index is -0.999. The van der Waals surface area contributed by atoms with Crippen molar-refractivity contribution >= 4 is 11.9 Å². The molecule has 2 heterocycles. The van der Waals surface area contributed by atoms with Crippen molar-refractivity contribution in [1.82, 2.24) is 9.88 Å². The molecule has 2 rings (SSSR count). The Morgan fingerprint density at radius 3 is 2.78 bits per heavy atom. The van der Waals surface area contributed by atoms with Crippen LogP contribution in [0.4, 0.5) is 0 Å². The lowest BCUT2D eigenvalue weighted by molar-refractivity contribution is -0.143. The van der Waals surface area contributed by atoms with Crippen LogP contribution in [0, 0.1) is 0 Å². The second-order valence-electron chi connectivity index (χ2n) is 4.28. The summed E-state index contributed by atoms with van der Waals surface area (Å²) in [7, 11) is 0. The maximum atomic E-state index is 12.2. The van der Waals surface area contributed by atoms with Crippen molar-refractivity contribution in [2.75, 3.05) is 6.54 Å². The molecule has 18 heavy (non-hydrogen) atoms. The quantitative estimate of drug-likeness (QED) is 0.797.